The average molecular weight is 369 g/mol. The van der Waals surface area contributed by atoms with E-state index in [-0.39, 0.29) is 27.4 Å². The molecule has 1 atom stereocenters. The van der Waals surface area contributed by atoms with Gasteiger partial charge >= 0.3 is 0 Å². The van der Waals surface area contributed by atoms with Crippen LogP contribution in [0, 0.1) is 5.92 Å². The number of carbonyl (C=O) groups excluding carboxylic acids is 1. The van der Waals surface area contributed by atoms with Crippen LogP contribution < -0.4 is 0 Å². The molecule has 1 unspecified atom stereocenters. The second-order valence-electron chi connectivity index (χ2n) is 8.43. The Morgan fingerprint density at radius 1 is 1.00 bits per heavy atom. The summed E-state index contributed by atoms with van der Waals surface area (Å²) < 4.78 is 0. The summed E-state index contributed by atoms with van der Waals surface area (Å²) in [5, 5.41) is 10.7. The molecule has 0 amide bonds. The third kappa shape index (κ3) is 4.13. The van der Waals surface area contributed by atoms with Crippen molar-refractivity contribution >= 4 is 21.7 Å². The summed E-state index contributed by atoms with van der Waals surface area (Å²) in [6.07, 6.45) is 0. The van der Waals surface area contributed by atoms with Gasteiger partial charge in [0.1, 0.15) is 5.75 Å². The zero-order chi connectivity index (χ0) is 17.5. The van der Waals surface area contributed by atoms with E-state index in [9.17, 15) is 9.90 Å². The van der Waals surface area contributed by atoms with E-state index in [2.05, 4.69) is 57.5 Å². The predicted octanol–water partition coefficient (Wildman–Crippen LogP) is 5.59. The Morgan fingerprint density at radius 3 is 1.64 bits per heavy atom. The van der Waals surface area contributed by atoms with Crippen LogP contribution in [0.3, 0.4) is 0 Å². The molecule has 1 aromatic rings. The minimum absolute atomic E-state index is 0.0750. The molecule has 1 N–H and O–H groups in total. The highest BCUT2D eigenvalue weighted by Crippen LogP contribution is 2.40. The number of phenolic OH excluding ortho intramolecular Hbond substituents is 1. The molecular formula is C19H29BrO2. The number of carbonyl (C=O) groups is 1. The highest BCUT2D eigenvalue weighted by Gasteiger charge is 2.29. The summed E-state index contributed by atoms with van der Waals surface area (Å²) in [5.74, 6) is 0.607. The van der Waals surface area contributed by atoms with Crippen molar-refractivity contribution in [1.29, 1.82) is 0 Å². The number of hydrogen-bond acceptors (Lipinski definition) is 2. The van der Waals surface area contributed by atoms with E-state index in [0.717, 1.165) is 11.1 Å². The molecule has 1 aromatic carbocycles. The third-order valence-corrected chi connectivity index (χ3v) is 5.32. The van der Waals surface area contributed by atoms with Crippen LogP contribution in [0.4, 0.5) is 0 Å². The number of ketones is 1. The number of rotatable bonds is 3. The number of halogens is 1. The molecule has 0 bridgehead atoms. The first-order valence-electron chi connectivity index (χ1n) is 7.83. The highest BCUT2D eigenvalue weighted by molar-refractivity contribution is 9.10. The molecule has 124 valence electrons. The van der Waals surface area contributed by atoms with Crippen molar-refractivity contribution < 1.29 is 9.90 Å². The topological polar surface area (TPSA) is 37.3 Å². The van der Waals surface area contributed by atoms with Crippen molar-refractivity contribution in [1.82, 2.24) is 0 Å². The van der Waals surface area contributed by atoms with Crippen LogP contribution in [-0.2, 0) is 10.8 Å². The fraction of sp³-hybridized carbons (Fsp3) is 0.632. The standard InChI is InChI=1S/C19H29BrO2/c1-11(2)15(20)16(21)12-9-13(18(3,4)5)17(22)14(10-12)19(6,7)8/h9-11,15,22H,1-8H3. The van der Waals surface area contributed by atoms with Crippen LogP contribution in [0.1, 0.15) is 76.9 Å². The Morgan fingerprint density at radius 2 is 1.36 bits per heavy atom. The maximum Gasteiger partial charge on any atom is 0.176 e. The molecule has 0 saturated carbocycles. The molecule has 0 fully saturated rings. The van der Waals surface area contributed by atoms with Crippen molar-refractivity contribution in [2.75, 3.05) is 0 Å². The maximum atomic E-state index is 12.7. The molecule has 0 heterocycles. The fourth-order valence-electron chi connectivity index (χ4n) is 2.38. The third-order valence-electron chi connectivity index (χ3n) is 3.85. The molecule has 2 nitrogen and oxygen atoms in total. The molecule has 0 radical (unpaired) electrons. The molecule has 22 heavy (non-hydrogen) atoms. The van der Waals surface area contributed by atoms with E-state index in [1.807, 2.05) is 26.0 Å². The summed E-state index contributed by atoms with van der Waals surface area (Å²) in [6.45, 7) is 16.4. The van der Waals surface area contributed by atoms with Gasteiger partial charge < -0.3 is 5.11 Å². The molecule has 0 spiro atoms. The number of alkyl halides is 1. The SMILES string of the molecule is CC(C)C(Br)C(=O)c1cc(C(C)(C)C)c(O)c(C(C)(C)C)c1. The monoisotopic (exact) mass is 368 g/mol. The second-order valence-corrected chi connectivity index (χ2v) is 9.42. The average Bonchev–Trinajstić information content (AvgIpc) is 2.34. The van der Waals surface area contributed by atoms with E-state index in [4.69, 9.17) is 0 Å². The lowest BCUT2D eigenvalue weighted by atomic mass is 9.77. The van der Waals surface area contributed by atoms with Gasteiger partial charge in [-0.05, 0) is 28.9 Å². The molecule has 0 aromatic heterocycles. The van der Waals surface area contributed by atoms with Crippen molar-refractivity contribution in [2.45, 2.75) is 71.0 Å². The Balaban J connectivity index is 3.58. The van der Waals surface area contributed by atoms with Crippen LogP contribution >= 0.6 is 15.9 Å². The smallest absolute Gasteiger partial charge is 0.176 e. The maximum absolute atomic E-state index is 12.7. The molecular weight excluding hydrogens is 340 g/mol. The van der Waals surface area contributed by atoms with Crippen molar-refractivity contribution in [3.63, 3.8) is 0 Å². The molecule has 1 rings (SSSR count). The quantitative estimate of drug-likeness (QED) is 0.557. The van der Waals surface area contributed by atoms with Crippen LogP contribution in [0.25, 0.3) is 0 Å². The Hall–Kier alpha value is -0.830. The van der Waals surface area contributed by atoms with E-state index in [1.54, 1.807) is 0 Å². The van der Waals surface area contributed by atoms with E-state index < -0.39 is 0 Å². The first-order chi connectivity index (χ1) is 9.76. The molecule has 3 heteroatoms. The van der Waals surface area contributed by atoms with Crippen molar-refractivity contribution in [3.05, 3.63) is 28.8 Å². The van der Waals surface area contributed by atoms with Gasteiger partial charge in [0.05, 0.1) is 4.83 Å². The molecule has 0 aliphatic carbocycles. The summed E-state index contributed by atoms with van der Waals surface area (Å²) in [5.41, 5.74) is 1.88. The summed E-state index contributed by atoms with van der Waals surface area (Å²) >= 11 is 3.50. The van der Waals surface area contributed by atoms with Gasteiger partial charge in [-0.25, -0.2) is 0 Å². The zero-order valence-electron chi connectivity index (χ0n) is 15.0. The van der Waals surface area contributed by atoms with Gasteiger partial charge in [0, 0.05) is 16.7 Å². The van der Waals surface area contributed by atoms with Crippen LogP contribution in [-0.4, -0.2) is 15.7 Å². The van der Waals surface area contributed by atoms with Gasteiger partial charge in [-0.3, -0.25) is 4.79 Å². The normalized spacial score (nSPS) is 14.3. The van der Waals surface area contributed by atoms with Gasteiger partial charge in [-0.1, -0.05) is 71.3 Å². The van der Waals surface area contributed by atoms with Gasteiger partial charge in [0.25, 0.3) is 0 Å². The van der Waals surface area contributed by atoms with Gasteiger partial charge in [-0.2, -0.15) is 0 Å². The van der Waals surface area contributed by atoms with Crippen molar-refractivity contribution in [3.8, 4) is 5.75 Å². The molecule has 0 aliphatic heterocycles. The van der Waals surface area contributed by atoms with Gasteiger partial charge in [-0.15, -0.1) is 0 Å². The summed E-state index contributed by atoms with van der Waals surface area (Å²) in [4.78, 5) is 12.5. The number of benzene rings is 1. The number of aromatic hydroxyl groups is 1. The van der Waals surface area contributed by atoms with E-state index in [0.29, 0.717) is 11.3 Å². The minimum Gasteiger partial charge on any atom is -0.507 e. The lowest BCUT2D eigenvalue weighted by Gasteiger charge is -2.28. The Bertz CT molecular complexity index is 525. The predicted molar refractivity (Wildman–Crippen MR) is 97.4 cm³/mol. The molecule has 0 aliphatic rings. The van der Waals surface area contributed by atoms with E-state index in [1.165, 1.54) is 0 Å². The number of hydrogen-bond donors (Lipinski definition) is 1. The van der Waals surface area contributed by atoms with Gasteiger partial charge in [0.2, 0.25) is 0 Å². The van der Waals surface area contributed by atoms with Crippen LogP contribution in [0.2, 0.25) is 0 Å². The van der Waals surface area contributed by atoms with Crippen molar-refractivity contribution in [2.24, 2.45) is 5.92 Å². The summed E-state index contributed by atoms with van der Waals surface area (Å²) in [7, 11) is 0. The highest BCUT2D eigenvalue weighted by atomic mass is 79.9. The summed E-state index contributed by atoms with van der Waals surface area (Å²) in [6, 6.07) is 3.70. The largest absolute Gasteiger partial charge is 0.507 e. The minimum atomic E-state index is -0.222. The second kappa shape index (κ2) is 6.35. The number of Topliss-reactive ketones (excluding diaryl/α,β-unsaturated/α-hetero) is 1. The lowest BCUT2D eigenvalue weighted by molar-refractivity contribution is 0.0977. The fourth-order valence-corrected chi connectivity index (χ4v) is 2.65. The zero-order valence-corrected chi connectivity index (χ0v) is 16.6. The van der Waals surface area contributed by atoms with E-state index >= 15 is 0 Å². The Labute approximate surface area is 143 Å². The lowest BCUT2D eigenvalue weighted by Crippen LogP contribution is -2.23. The van der Waals surface area contributed by atoms with Crippen LogP contribution in [0.15, 0.2) is 12.1 Å². The number of phenols is 1. The first-order valence-corrected chi connectivity index (χ1v) is 8.74. The van der Waals surface area contributed by atoms with Crippen LogP contribution in [0.5, 0.6) is 5.75 Å². The Kier molecular flexibility index (Phi) is 5.55. The first kappa shape index (κ1) is 19.2. The van der Waals surface area contributed by atoms with Gasteiger partial charge in [0.15, 0.2) is 5.78 Å². The molecule has 0 saturated heterocycles.